The molecule has 1 unspecified atom stereocenters. The SMILES string of the molecule is COCC(Cl)CCc1cc(C)nn1C. The second-order valence-electron chi connectivity index (χ2n) is 3.49. The number of hydrogen-bond donors (Lipinski definition) is 0. The molecule has 0 amide bonds. The van der Waals surface area contributed by atoms with Gasteiger partial charge in [-0.2, -0.15) is 5.10 Å². The van der Waals surface area contributed by atoms with Crippen molar-refractivity contribution >= 4 is 11.6 Å². The summed E-state index contributed by atoms with van der Waals surface area (Å²) in [7, 11) is 3.63. The molecule has 0 spiro atoms. The molecule has 80 valence electrons. The zero-order chi connectivity index (χ0) is 10.6. The van der Waals surface area contributed by atoms with Crippen molar-refractivity contribution in [2.75, 3.05) is 13.7 Å². The Bertz CT molecular complexity index is 286. The van der Waals surface area contributed by atoms with Crippen LogP contribution < -0.4 is 0 Å². The van der Waals surface area contributed by atoms with Gasteiger partial charge in [0.05, 0.1) is 17.7 Å². The molecule has 1 atom stereocenters. The molecule has 0 saturated carbocycles. The fourth-order valence-electron chi connectivity index (χ4n) is 1.47. The highest BCUT2D eigenvalue weighted by Gasteiger charge is 2.07. The van der Waals surface area contributed by atoms with Crippen LogP contribution in [0.3, 0.4) is 0 Å². The van der Waals surface area contributed by atoms with Gasteiger partial charge in [0.2, 0.25) is 0 Å². The maximum Gasteiger partial charge on any atom is 0.0626 e. The first-order valence-electron chi connectivity index (χ1n) is 4.76. The topological polar surface area (TPSA) is 27.1 Å². The van der Waals surface area contributed by atoms with E-state index in [0.717, 1.165) is 18.5 Å². The lowest BCUT2D eigenvalue weighted by atomic mass is 10.2. The first-order valence-corrected chi connectivity index (χ1v) is 5.19. The van der Waals surface area contributed by atoms with E-state index >= 15 is 0 Å². The average molecular weight is 217 g/mol. The molecule has 0 aliphatic rings. The molecular weight excluding hydrogens is 200 g/mol. The first-order chi connectivity index (χ1) is 6.63. The van der Waals surface area contributed by atoms with Crippen LogP contribution in [0.15, 0.2) is 6.07 Å². The van der Waals surface area contributed by atoms with E-state index < -0.39 is 0 Å². The van der Waals surface area contributed by atoms with E-state index in [0.29, 0.717) is 6.61 Å². The third kappa shape index (κ3) is 3.31. The number of aromatic nitrogens is 2. The van der Waals surface area contributed by atoms with Crippen LogP contribution in [0, 0.1) is 6.92 Å². The van der Waals surface area contributed by atoms with Crippen molar-refractivity contribution in [2.24, 2.45) is 7.05 Å². The maximum absolute atomic E-state index is 6.04. The number of rotatable bonds is 5. The average Bonchev–Trinajstić information content (AvgIpc) is 2.42. The van der Waals surface area contributed by atoms with Crippen molar-refractivity contribution in [3.05, 3.63) is 17.5 Å². The number of halogens is 1. The zero-order valence-corrected chi connectivity index (χ0v) is 9.71. The Balaban J connectivity index is 2.41. The van der Waals surface area contributed by atoms with Crippen LogP contribution in [0.25, 0.3) is 0 Å². The van der Waals surface area contributed by atoms with Gasteiger partial charge < -0.3 is 4.74 Å². The molecule has 0 aliphatic heterocycles. The number of alkyl halides is 1. The number of hydrogen-bond acceptors (Lipinski definition) is 2. The highest BCUT2D eigenvalue weighted by Crippen LogP contribution is 2.10. The van der Waals surface area contributed by atoms with E-state index in [1.165, 1.54) is 5.69 Å². The molecule has 0 saturated heterocycles. The highest BCUT2D eigenvalue weighted by atomic mass is 35.5. The fourth-order valence-corrected chi connectivity index (χ4v) is 1.70. The smallest absolute Gasteiger partial charge is 0.0626 e. The van der Waals surface area contributed by atoms with Crippen molar-refractivity contribution in [3.8, 4) is 0 Å². The quantitative estimate of drug-likeness (QED) is 0.704. The lowest BCUT2D eigenvalue weighted by Gasteiger charge is -2.07. The van der Waals surface area contributed by atoms with Crippen LogP contribution in [0.4, 0.5) is 0 Å². The summed E-state index contributed by atoms with van der Waals surface area (Å²) in [6, 6.07) is 2.09. The molecule has 1 heterocycles. The summed E-state index contributed by atoms with van der Waals surface area (Å²) >= 11 is 6.04. The summed E-state index contributed by atoms with van der Waals surface area (Å²) in [5.41, 5.74) is 2.28. The largest absolute Gasteiger partial charge is 0.383 e. The van der Waals surface area contributed by atoms with Gasteiger partial charge in [-0.15, -0.1) is 11.6 Å². The Morgan fingerprint density at radius 2 is 2.36 bits per heavy atom. The van der Waals surface area contributed by atoms with E-state index in [9.17, 15) is 0 Å². The van der Waals surface area contributed by atoms with Crippen LogP contribution in [-0.2, 0) is 18.2 Å². The van der Waals surface area contributed by atoms with Gasteiger partial charge in [0, 0.05) is 19.9 Å². The van der Waals surface area contributed by atoms with Crippen molar-refractivity contribution in [2.45, 2.75) is 25.1 Å². The van der Waals surface area contributed by atoms with E-state index in [2.05, 4.69) is 11.2 Å². The Kier molecular flexibility index (Phi) is 4.42. The first kappa shape index (κ1) is 11.5. The molecule has 1 rings (SSSR count). The third-order valence-corrected chi connectivity index (χ3v) is 2.50. The summed E-state index contributed by atoms with van der Waals surface area (Å²) in [6.07, 6.45) is 1.88. The van der Waals surface area contributed by atoms with E-state index in [-0.39, 0.29) is 5.38 Å². The fraction of sp³-hybridized carbons (Fsp3) is 0.700. The van der Waals surface area contributed by atoms with Gasteiger partial charge in [0.1, 0.15) is 0 Å². The summed E-state index contributed by atoms with van der Waals surface area (Å²) in [6.45, 7) is 2.61. The summed E-state index contributed by atoms with van der Waals surface area (Å²) in [5.74, 6) is 0. The lowest BCUT2D eigenvalue weighted by Crippen LogP contribution is -2.09. The standard InChI is InChI=1S/C10H17ClN2O/c1-8-6-10(13(2)12-8)5-4-9(11)7-14-3/h6,9H,4-5,7H2,1-3H3. The monoisotopic (exact) mass is 216 g/mol. The third-order valence-electron chi connectivity index (χ3n) is 2.16. The zero-order valence-electron chi connectivity index (χ0n) is 8.96. The Hall–Kier alpha value is -0.540. The van der Waals surface area contributed by atoms with Gasteiger partial charge in [-0.1, -0.05) is 0 Å². The van der Waals surface area contributed by atoms with Gasteiger partial charge in [-0.3, -0.25) is 4.68 Å². The van der Waals surface area contributed by atoms with Crippen LogP contribution in [0.1, 0.15) is 17.8 Å². The molecular formula is C10H17ClN2O. The predicted octanol–water partition coefficient (Wildman–Crippen LogP) is 1.91. The van der Waals surface area contributed by atoms with Gasteiger partial charge in [0.15, 0.2) is 0 Å². The minimum atomic E-state index is 0.0928. The number of ether oxygens (including phenoxy) is 1. The highest BCUT2D eigenvalue weighted by molar-refractivity contribution is 6.20. The Labute approximate surface area is 90.0 Å². The second-order valence-corrected chi connectivity index (χ2v) is 4.11. The molecule has 3 nitrogen and oxygen atoms in total. The Morgan fingerprint density at radius 1 is 1.64 bits per heavy atom. The van der Waals surface area contributed by atoms with Gasteiger partial charge in [0.25, 0.3) is 0 Å². The van der Waals surface area contributed by atoms with Gasteiger partial charge in [-0.05, 0) is 25.8 Å². The van der Waals surface area contributed by atoms with Crippen molar-refractivity contribution in [3.63, 3.8) is 0 Å². The molecule has 0 aromatic carbocycles. The second kappa shape index (κ2) is 5.37. The summed E-state index contributed by atoms with van der Waals surface area (Å²) < 4.78 is 6.88. The van der Waals surface area contributed by atoms with Crippen molar-refractivity contribution in [1.29, 1.82) is 0 Å². The number of nitrogens with zero attached hydrogens (tertiary/aromatic N) is 2. The molecule has 0 bridgehead atoms. The molecule has 1 aromatic heterocycles. The van der Waals surface area contributed by atoms with E-state index in [1.807, 2.05) is 18.7 Å². The number of aryl methyl sites for hydroxylation is 3. The molecule has 4 heteroatoms. The lowest BCUT2D eigenvalue weighted by molar-refractivity contribution is 0.195. The van der Waals surface area contributed by atoms with Crippen molar-refractivity contribution < 1.29 is 4.74 Å². The minimum absolute atomic E-state index is 0.0928. The molecule has 0 N–H and O–H groups in total. The maximum atomic E-state index is 6.04. The van der Waals surface area contributed by atoms with Crippen LogP contribution in [0.5, 0.6) is 0 Å². The van der Waals surface area contributed by atoms with Crippen molar-refractivity contribution in [1.82, 2.24) is 9.78 Å². The predicted molar refractivity (Wildman–Crippen MR) is 57.8 cm³/mol. The van der Waals surface area contributed by atoms with Gasteiger partial charge >= 0.3 is 0 Å². The summed E-state index contributed by atoms with van der Waals surface area (Å²) in [5, 5.41) is 4.37. The van der Waals surface area contributed by atoms with Crippen LogP contribution in [0.2, 0.25) is 0 Å². The van der Waals surface area contributed by atoms with Gasteiger partial charge in [-0.25, -0.2) is 0 Å². The molecule has 0 fully saturated rings. The molecule has 14 heavy (non-hydrogen) atoms. The molecule has 1 aromatic rings. The molecule has 0 aliphatic carbocycles. The molecule has 0 radical (unpaired) electrons. The number of methoxy groups -OCH3 is 1. The minimum Gasteiger partial charge on any atom is -0.383 e. The summed E-state index contributed by atoms with van der Waals surface area (Å²) in [4.78, 5) is 0. The van der Waals surface area contributed by atoms with E-state index in [4.69, 9.17) is 16.3 Å². The van der Waals surface area contributed by atoms with E-state index in [1.54, 1.807) is 7.11 Å². The normalized spacial score (nSPS) is 13.1. The van der Waals surface area contributed by atoms with Crippen LogP contribution >= 0.6 is 11.6 Å². The Morgan fingerprint density at radius 3 is 2.86 bits per heavy atom. The van der Waals surface area contributed by atoms with Crippen LogP contribution in [-0.4, -0.2) is 28.9 Å².